The van der Waals surface area contributed by atoms with Gasteiger partial charge in [0.1, 0.15) is 17.5 Å². The number of likely N-dealkylation sites (tertiary alicyclic amines) is 1. The number of carbonyl (C=O) groups excluding carboxylic acids is 2. The van der Waals surface area contributed by atoms with Crippen LogP contribution >= 0.6 is 0 Å². The van der Waals surface area contributed by atoms with Crippen LogP contribution in [-0.2, 0) is 0 Å². The van der Waals surface area contributed by atoms with Crippen molar-refractivity contribution in [2.75, 3.05) is 18.4 Å². The number of anilines is 1. The van der Waals surface area contributed by atoms with Crippen LogP contribution in [0.2, 0.25) is 0 Å². The van der Waals surface area contributed by atoms with Gasteiger partial charge in [0.2, 0.25) is 0 Å². The predicted octanol–water partition coefficient (Wildman–Crippen LogP) is 2.26. The van der Waals surface area contributed by atoms with Crippen LogP contribution in [0.4, 0.5) is 10.5 Å². The van der Waals surface area contributed by atoms with E-state index in [1.807, 2.05) is 30.3 Å². The molecule has 0 radical (unpaired) electrons. The van der Waals surface area contributed by atoms with Crippen molar-refractivity contribution in [1.29, 1.82) is 0 Å². The average Bonchev–Trinajstić information content (AvgIpc) is 2.63. The summed E-state index contributed by atoms with van der Waals surface area (Å²) >= 11 is 0. The van der Waals surface area contributed by atoms with Crippen LogP contribution in [0.15, 0.2) is 48.7 Å². The summed E-state index contributed by atoms with van der Waals surface area (Å²) in [4.78, 5) is 29.2. The fourth-order valence-corrected chi connectivity index (χ4v) is 2.75. The maximum atomic E-state index is 12.4. The molecule has 0 saturated carbocycles. The molecular formula is C18H20N4O3. The number of hydrogen-bond donors (Lipinski definition) is 2. The SMILES string of the molecule is NC(=O)c1cc(OC2CCCN(C(=O)Nc3ccccc3)C2)ccn1. The van der Waals surface area contributed by atoms with E-state index in [1.54, 1.807) is 11.0 Å². The summed E-state index contributed by atoms with van der Waals surface area (Å²) in [5.74, 6) is -0.0722. The van der Waals surface area contributed by atoms with Crippen LogP contribution in [0.5, 0.6) is 5.75 Å². The Labute approximate surface area is 145 Å². The van der Waals surface area contributed by atoms with Gasteiger partial charge in [0.25, 0.3) is 5.91 Å². The summed E-state index contributed by atoms with van der Waals surface area (Å²) < 4.78 is 5.91. The molecule has 0 aliphatic carbocycles. The van der Waals surface area contributed by atoms with Gasteiger partial charge in [-0.1, -0.05) is 18.2 Å². The minimum Gasteiger partial charge on any atom is -0.488 e. The summed E-state index contributed by atoms with van der Waals surface area (Å²) in [5.41, 5.74) is 6.15. The van der Waals surface area contributed by atoms with Gasteiger partial charge in [-0.3, -0.25) is 9.78 Å². The Morgan fingerprint density at radius 3 is 2.80 bits per heavy atom. The zero-order valence-electron chi connectivity index (χ0n) is 13.7. The molecule has 2 aromatic rings. The van der Waals surface area contributed by atoms with Crippen molar-refractivity contribution in [3.05, 3.63) is 54.4 Å². The van der Waals surface area contributed by atoms with E-state index in [1.165, 1.54) is 12.3 Å². The van der Waals surface area contributed by atoms with E-state index in [4.69, 9.17) is 10.5 Å². The third-order valence-electron chi connectivity index (χ3n) is 3.98. The molecule has 1 saturated heterocycles. The van der Waals surface area contributed by atoms with E-state index in [-0.39, 0.29) is 17.8 Å². The number of urea groups is 1. The normalized spacial score (nSPS) is 17.0. The highest BCUT2D eigenvalue weighted by Gasteiger charge is 2.25. The molecule has 1 atom stereocenters. The van der Waals surface area contributed by atoms with Crippen LogP contribution in [0, 0.1) is 0 Å². The highest BCUT2D eigenvalue weighted by atomic mass is 16.5. The number of nitrogens with one attached hydrogen (secondary N) is 1. The van der Waals surface area contributed by atoms with Gasteiger partial charge in [-0.2, -0.15) is 0 Å². The van der Waals surface area contributed by atoms with Crippen molar-refractivity contribution in [2.24, 2.45) is 5.73 Å². The molecule has 7 heteroatoms. The molecule has 1 aromatic carbocycles. The Kier molecular flexibility index (Phi) is 5.13. The maximum absolute atomic E-state index is 12.4. The summed E-state index contributed by atoms with van der Waals surface area (Å²) in [7, 11) is 0. The minimum absolute atomic E-state index is 0.140. The molecule has 0 bridgehead atoms. The van der Waals surface area contributed by atoms with Gasteiger partial charge in [0.15, 0.2) is 0 Å². The molecule has 25 heavy (non-hydrogen) atoms. The van der Waals surface area contributed by atoms with E-state index >= 15 is 0 Å². The number of aromatic nitrogens is 1. The highest BCUT2D eigenvalue weighted by Crippen LogP contribution is 2.19. The number of ether oxygens (including phenoxy) is 1. The second-order valence-corrected chi connectivity index (χ2v) is 5.87. The van der Waals surface area contributed by atoms with Crippen molar-refractivity contribution in [2.45, 2.75) is 18.9 Å². The highest BCUT2D eigenvalue weighted by molar-refractivity contribution is 5.91. The molecule has 1 fully saturated rings. The Hall–Kier alpha value is -3.09. The lowest BCUT2D eigenvalue weighted by Gasteiger charge is -2.33. The van der Waals surface area contributed by atoms with Gasteiger partial charge in [-0.25, -0.2) is 4.79 Å². The first-order valence-corrected chi connectivity index (χ1v) is 8.15. The number of piperidine rings is 1. The quantitative estimate of drug-likeness (QED) is 0.892. The summed E-state index contributed by atoms with van der Waals surface area (Å²) in [6.45, 7) is 1.16. The predicted molar refractivity (Wildman–Crippen MR) is 93.4 cm³/mol. The number of rotatable bonds is 4. The van der Waals surface area contributed by atoms with Crippen molar-refractivity contribution in [3.63, 3.8) is 0 Å². The smallest absolute Gasteiger partial charge is 0.321 e. The number of primary amides is 1. The Morgan fingerprint density at radius 1 is 1.24 bits per heavy atom. The molecule has 1 aliphatic heterocycles. The van der Waals surface area contributed by atoms with Gasteiger partial charge < -0.3 is 20.7 Å². The van der Waals surface area contributed by atoms with Crippen LogP contribution in [0.1, 0.15) is 23.3 Å². The van der Waals surface area contributed by atoms with Gasteiger partial charge in [0, 0.05) is 24.5 Å². The van der Waals surface area contributed by atoms with Crippen molar-refractivity contribution >= 4 is 17.6 Å². The largest absolute Gasteiger partial charge is 0.488 e. The molecule has 3 N–H and O–H groups in total. The number of benzene rings is 1. The van der Waals surface area contributed by atoms with Crippen LogP contribution in [-0.4, -0.2) is 41.0 Å². The molecular weight excluding hydrogens is 320 g/mol. The summed E-state index contributed by atoms with van der Waals surface area (Å²) in [6, 6.07) is 12.4. The number of pyridine rings is 1. The van der Waals surface area contributed by atoms with Gasteiger partial charge in [-0.05, 0) is 31.0 Å². The average molecular weight is 340 g/mol. The fourth-order valence-electron chi connectivity index (χ4n) is 2.75. The van der Waals surface area contributed by atoms with Crippen molar-refractivity contribution in [3.8, 4) is 5.75 Å². The third kappa shape index (κ3) is 4.47. The van der Waals surface area contributed by atoms with Gasteiger partial charge in [0.05, 0.1) is 6.54 Å². The van der Waals surface area contributed by atoms with E-state index in [0.29, 0.717) is 18.8 Å². The lowest BCUT2D eigenvalue weighted by Crippen LogP contribution is -2.46. The van der Waals surface area contributed by atoms with E-state index in [2.05, 4.69) is 10.3 Å². The first-order chi connectivity index (χ1) is 12.1. The molecule has 7 nitrogen and oxygen atoms in total. The fraction of sp³-hybridized carbons (Fsp3) is 0.278. The molecule has 1 aliphatic rings. The number of nitrogens with two attached hydrogens (primary N) is 1. The van der Waals surface area contributed by atoms with Crippen molar-refractivity contribution < 1.29 is 14.3 Å². The number of carbonyl (C=O) groups is 2. The topological polar surface area (TPSA) is 97.6 Å². The summed E-state index contributed by atoms with van der Waals surface area (Å²) in [5, 5.41) is 2.88. The van der Waals surface area contributed by atoms with Gasteiger partial charge in [-0.15, -0.1) is 0 Å². The van der Waals surface area contributed by atoms with Gasteiger partial charge >= 0.3 is 6.03 Å². The zero-order valence-corrected chi connectivity index (χ0v) is 13.7. The number of amides is 3. The number of hydrogen-bond acceptors (Lipinski definition) is 4. The maximum Gasteiger partial charge on any atom is 0.321 e. The molecule has 130 valence electrons. The first-order valence-electron chi connectivity index (χ1n) is 8.15. The monoisotopic (exact) mass is 340 g/mol. The summed E-state index contributed by atoms with van der Waals surface area (Å²) in [6.07, 6.45) is 3.03. The minimum atomic E-state index is -0.599. The lowest BCUT2D eigenvalue weighted by atomic mass is 10.1. The van der Waals surface area contributed by atoms with Crippen LogP contribution in [0.3, 0.4) is 0 Å². The van der Waals surface area contributed by atoms with Crippen LogP contribution < -0.4 is 15.8 Å². The second kappa shape index (κ2) is 7.65. The second-order valence-electron chi connectivity index (χ2n) is 5.87. The molecule has 1 unspecified atom stereocenters. The van der Waals surface area contributed by atoms with E-state index < -0.39 is 5.91 Å². The Morgan fingerprint density at radius 2 is 2.04 bits per heavy atom. The zero-order chi connectivity index (χ0) is 17.6. The third-order valence-corrected chi connectivity index (χ3v) is 3.98. The standard InChI is InChI=1S/C18H20N4O3/c19-17(23)16-11-14(8-9-20-16)25-15-7-4-10-22(12-15)18(24)21-13-5-2-1-3-6-13/h1-3,5-6,8-9,11,15H,4,7,10,12H2,(H2,19,23)(H,21,24). The lowest BCUT2D eigenvalue weighted by molar-refractivity contribution is 0.0989. The molecule has 1 aromatic heterocycles. The van der Waals surface area contributed by atoms with E-state index in [0.717, 1.165) is 18.5 Å². The van der Waals surface area contributed by atoms with E-state index in [9.17, 15) is 9.59 Å². The van der Waals surface area contributed by atoms with Crippen LogP contribution in [0.25, 0.3) is 0 Å². The molecule has 2 heterocycles. The Bertz CT molecular complexity index is 751. The molecule has 0 spiro atoms. The first kappa shape index (κ1) is 16.8. The Balaban J connectivity index is 1.60. The molecule has 3 rings (SSSR count). The number of para-hydroxylation sites is 1. The number of nitrogens with zero attached hydrogens (tertiary/aromatic N) is 2. The van der Waals surface area contributed by atoms with Crippen molar-refractivity contribution in [1.82, 2.24) is 9.88 Å². The molecule has 3 amide bonds.